The van der Waals surface area contributed by atoms with Gasteiger partial charge in [-0.3, -0.25) is 14.4 Å². The van der Waals surface area contributed by atoms with E-state index >= 15 is 0 Å². The van der Waals surface area contributed by atoms with Crippen molar-refractivity contribution < 1.29 is 14.4 Å². The number of carbonyl (C=O) groups is 3. The summed E-state index contributed by atoms with van der Waals surface area (Å²) in [6.45, 7) is 4.22. The summed E-state index contributed by atoms with van der Waals surface area (Å²) in [6, 6.07) is 12.9. The maximum Gasteiger partial charge on any atom is 0.246 e. The zero-order valence-corrected chi connectivity index (χ0v) is 24.2. The lowest BCUT2D eigenvalue weighted by Crippen LogP contribution is -2.60. The van der Waals surface area contributed by atoms with Gasteiger partial charge in [0.25, 0.3) is 0 Å². The van der Waals surface area contributed by atoms with E-state index in [9.17, 15) is 14.4 Å². The van der Waals surface area contributed by atoms with Gasteiger partial charge in [0.2, 0.25) is 17.7 Å². The predicted octanol–water partition coefficient (Wildman–Crippen LogP) is 4.12. The number of fused-ring (bicyclic) bond motifs is 2. The number of likely N-dealkylation sites (N-methyl/N-ethyl adjacent to an activating group) is 1. The third-order valence-corrected chi connectivity index (χ3v) is 9.27. The minimum atomic E-state index is -0.638. The molecule has 40 heavy (non-hydrogen) atoms. The molecular weight excluding hydrogens is 500 g/mol. The molecule has 3 N–H and O–H groups in total. The van der Waals surface area contributed by atoms with Gasteiger partial charge in [0.15, 0.2) is 0 Å². The maximum absolute atomic E-state index is 14.5. The molecule has 2 aromatic rings. The van der Waals surface area contributed by atoms with Crippen molar-refractivity contribution in [1.29, 1.82) is 0 Å². The van der Waals surface area contributed by atoms with Crippen LogP contribution in [0.2, 0.25) is 0 Å². The van der Waals surface area contributed by atoms with E-state index in [4.69, 9.17) is 0 Å². The maximum atomic E-state index is 14.5. The van der Waals surface area contributed by atoms with Crippen molar-refractivity contribution in [3.8, 4) is 0 Å². The first-order chi connectivity index (χ1) is 19.4. The Balaban J connectivity index is 1.45. The Kier molecular flexibility index (Phi) is 8.89. The average molecular weight is 545 g/mol. The predicted molar refractivity (Wildman–Crippen MR) is 157 cm³/mol. The van der Waals surface area contributed by atoms with E-state index in [1.807, 2.05) is 6.07 Å². The molecule has 214 valence electrons. The molecule has 4 atom stereocenters. The highest BCUT2D eigenvalue weighted by Crippen LogP contribution is 2.33. The van der Waals surface area contributed by atoms with Gasteiger partial charge in [0, 0.05) is 13.0 Å². The van der Waals surface area contributed by atoms with Crippen LogP contribution < -0.4 is 16.0 Å². The average Bonchev–Trinajstić information content (AvgIpc) is 2.98. The Morgan fingerprint density at radius 2 is 1.70 bits per heavy atom. The van der Waals surface area contributed by atoms with Gasteiger partial charge in [0.1, 0.15) is 12.1 Å². The minimum absolute atomic E-state index is 0.0564. The van der Waals surface area contributed by atoms with Crippen LogP contribution in [0.5, 0.6) is 0 Å². The van der Waals surface area contributed by atoms with Crippen molar-refractivity contribution in [2.75, 3.05) is 7.05 Å². The number of rotatable bonds is 7. The standard InChI is InChI=1S/C33H44N4O3/c1-21-16-17-25-19-29(32(39)35-28-15-9-13-23-10-7-8-14-27(23)28)37(20-26(25)18-21)33(40)30(24-11-5-4-6-12-24)36-31(38)22(2)34-3/h7-8,10,14,16-18,22,24,28-30,34H,4-6,9,11-13,15,19-20H2,1-3H3,(H,35,39)(H,36,38)/t22-,28-,29+,30-/m0/s1. The van der Waals surface area contributed by atoms with Crippen molar-refractivity contribution >= 4 is 17.7 Å². The molecule has 0 bridgehead atoms. The van der Waals surface area contributed by atoms with Crippen LogP contribution in [0.4, 0.5) is 0 Å². The summed E-state index contributed by atoms with van der Waals surface area (Å²) in [5.41, 5.74) is 5.79. The Hall–Kier alpha value is -3.19. The highest BCUT2D eigenvalue weighted by molar-refractivity contribution is 5.94. The van der Waals surface area contributed by atoms with Crippen LogP contribution in [-0.4, -0.2) is 47.8 Å². The molecule has 7 heteroatoms. The molecule has 1 fully saturated rings. The van der Waals surface area contributed by atoms with E-state index in [1.54, 1.807) is 18.9 Å². The molecule has 0 unspecified atom stereocenters. The van der Waals surface area contributed by atoms with Crippen molar-refractivity contribution in [1.82, 2.24) is 20.9 Å². The Morgan fingerprint density at radius 3 is 2.48 bits per heavy atom. The Morgan fingerprint density at radius 1 is 0.925 bits per heavy atom. The summed E-state index contributed by atoms with van der Waals surface area (Å²) >= 11 is 0. The number of nitrogens with one attached hydrogen (secondary N) is 3. The fourth-order valence-corrected chi connectivity index (χ4v) is 6.79. The zero-order chi connectivity index (χ0) is 28.2. The van der Waals surface area contributed by atoms with Gasteiger partial charge in [0.05, 0.1) is 12.1 Å². The van der Waals surface area contributed by atoms with Gasteiger partial charge in [-0.1, -0.05) is 67.3 Å². The molecule has 0 aromatic heterocycles. The SMILES string of the molecule is CN[C@@H](C)C(=O)N[C@H](C(=O)N1Cc2cc(C)ccc2C[C@@H]1C(=O)N[C@H]1CCCc2ccccc21)C1CCCCC1. The molecule has 0 saturated heterocycles. The van der Waals surface area contributed by atoms with Crippen molar-refractivity contribution in [2.45, 2.75) is 102 Å². The van der Waals surface area contributed by atoms with Gasteiger partial charge >= 0.3 is 0 Å². The third kappa shape index (κ3) is 6.09. The van der Waals surface area contributed by atoms with E-state index in [1.165, 1.54) is 11.1 Å². The summed E-state index contributed by atoms with van der Waals surface area (Å²) in [5.74, 6) is -0.361. The number of benzene rings is 2. The molecule has 1 aliphatic heterocycles. The lowest BCUT2D eigenvalue weighted by atomic mass is 9.82. The van der Waals surface area contributed by atoms with Crippen molar-refractivity contribution in [2.24, 2.45) is 5.92 Å². The number of aryl methyl sites for hydroxylation is 2. The van der Waals surface area contributed by atoms with E-state index < -0.39 is 18.1 Å². The summed E-state index contributed by atoms with van der Waals surface area (Å²) < 4.78 is 0. The topological polar surface area (TPSA) is 90.5 Å². The number of nitrogens with zero attached hydrogens (tertiary/aromatic N) is 1. The normalized spacial score (nSPS) is 22.4. The molecule has 2 aromatic carbocycles. The van der Waals surface area contributed by atoms with E-state index in [0.29, 0.717) is 13.0 Å². The second-order valence-electron chi connectivity index (χ2n) is 12.0. The zero-order valence-electron chi connectivity index (χ0n) is 24.2. The molecule has 1 saturated carbocycles. The number of hydrogen-bond acceptors (Lipinski definition) is 4. The van der Waals surface area contributed by atoms with Gasteiger partial charge in [-0.25, -0.2) is 0 Å². The first-order valence-corrected chi connectivity index (χ1v) is 15.1. The van der Waals surface area contributed by atoms with E-state index in [2.05, 4.69) is 59.3 Å². The second-order valence-corrected chi connectivity index (χ2v) is 12.0. The summed E-state index contributed by atoms with van der Waals surface area (Å²) in [5, 5.41) is 9.42. The van der Waals surface area contributed by atoms with Crippen LogP contribution >= 0.6 is 0 Å². The molecule has 0 spiro atoms. The van der Waals surface area contributed by atoms with Gasteiger partial charge < -0.3 is 20.9 Å². The summed E-state index contributed by atoms with van der Waals surface area (Å²) in [7, 11) is 1.75. The molecule has 3 aliphatic rings. The van der Waals surface area contributed by atoms with Crippen LogP contribution in [-0.2, 0) is 33.8 Å². The van der Waals surface area contributed by atoms with Crippen LogP contribution in [0.25, 0.3) is 0 Å². The first-order valence-electron chi connectivity index (χ1n) is 15.1. The molecule has 1 heterocycles. The first kappa shape index (κ1) is 28.3. The lowest BCUT2D eigenvalue weighted by molar-refractivity contribution is -0.146. The number of hydrogen-bond donors (Lipinski definition) is 3. The van der Waals surface area contributed by atoms with Crippen LogP contribution in [0.1, 0.15) is 85.7 Å². The second kappa shape index (κ2) is 12.5. The van der Waals surface area contributed by atoms with E-state index in [-0.39, 0.29) is 29.7 Å². The fraction of sp³-hybridized carbons (Fsp3) is 0.545. The molecule has 2 aliphatic carbocycles. The monoisotopic (exact) mass is 544 g/mol. The largest absolute Gasteiger partial charge is 0.347 e. The molecular formula is C33H44N4O3. The van der Waals surface area contributed by atoms with E-state index in [0.717, 1.165) is 68.1 Å². The Bertz CT molecular complexity index is 1240. The fourth-order valence-electron chi connectivity index (χ4n) is 6.79. The van der Waals surface area contributed by atoms with Gasteiger partial charge in [-0.05, 0) is 81.2 Å². The van der Waals surface area contributed by atoms with Crippen LogP contribution in [0.3, 0.4) is 0 Å². The van der Waals surface area contributed by atoms with Crippen molar-refractivity contribution in [3.05, 3.63) is 70.3 Å². The van der Waals surface area contributed by atoms with Crippen LogP contribution in [0.15, 0.2) is 42.5 Å². The number of amides is 3. The summed E-state index contributed by atoms with van der Waals surface area (Å²) in [6.07, 6.45) is 8.49. The molecule has 7 nitrogen and oxygen atoms in total. The van der Waals surface area contributed by atoms with Crippen LogP contribution in [0, 0.1) is 12.8 Å². The quantitative estimate of drug-likeness (QED) is 0.489. The summed E-state index contributed by atoms with van der Waals surface area (Å²) in [4.78, 5) is 43.3. The lowest BCUT2D eigenvalue weighted by Gasteiger charge is -2.41. The smallest absolute Gasteiger partial charge is 0.246 e. The molecule has 0 radical (unpaired) electrons. The van der Waals surface area contributed by atoms with Gasteiger partial charge in [-0.15, -0.1) is 0 Å². The van der Waals surface area contributed by atoms with Crippen molar-refractivity contribution in [3.63, 3.8) is 0 Å². The highest BCUT2D eigenvalue weighted by Gasteiger charge is 2.41. The highest BCUT2D eigenvalue weighted by atomic mass is 16.2. The molecule has 5 rings (SSSR count). The Labute approximate surface area is 238 Å². The minimum Gasteiger partial charge on any atom is -0.347 e. The third-order valence-electron chi connectivity index (χ3n) is 9.27. The van der Waals surface area contributed by atoms with Gasteiger partial charge in [-0.2, -0.15) is 0 Å². The molecule has 3 amide bonds. The number of carbonyl (C=O) groups excluding carboxylic acids is 3.